The number of aromatic nitrogens is 4. The van der Waals surface area contributed by atoms with Crippen LogP contribution in [-0.2, 0) is 5.41 Å². The summed E-state index contributed by atoms with van der Waals surface area (Å²) in [5.41, 5.74) is -2.10. The Labute approximate surface area is 325 Å². The van der Waals surface area contributed by atoms with E-state index in [-0.39, 0.29) is 39.4 Å². The fraction of sp³-hybridized carbons (Fsp3) is 0.0625. The van der Waals surface area contributed by atoms with Gasteiger partial charge in [0.25, 0.3) is 0 Å². The van der Waals surface area contributed by atoms with Crippen LogP contribution in [0.5, 0.6) is 0 Å². The summed E-state index contributed by atoms with van der Waals surface area (Å²) < 4.78 is 146. The van der Waals surface area contributed by atoms with Crippen LogP contribution in [0.25, 0.3) is 83.9 Å². The van der Waals surface area contributed by atoms with E-state index in [1.54, 1.807) is 24.3 Å². The number of para-hydroxylation sites is 1. The second-order valence-corrected chi connectivity index (χ2v) is 12.5. The third-order valence-corrected chi connectivity index (χ3v) is 9.42. The molecule has 0 saturated carbocycles. The van der Waals surface area contributed by atoms with Gasteiger partial charge >= 0.3 is 0 Å². The first-order valence-electron chi connectivity index (χ1n) is 24.5. The van der Waals surface area contributed by atoms with Gasteiger partial charge in [-0.3, -0.25) is 4.57 Å². The SMILES string of the molecule is [2H]c1c([2H])c([2H])c2c(c1[2H])-c1c(c([2H])c([2H])c3c1c1c([2H])c([2H])c([2H])c([2H])c1n3-c1nc(-c3ccc(-c4ccccc4)cc3)nc(-c3ccc(-c4ccccc4)cc3)n1)C2(C([2H])([2H])[2H])C([2H])([2H])[2H]. The summed E-state index contributed by atoms with van der Waals surface area (Å²) >= 11 is 0. The lowest BCUT2D eigenvalue weighted by molar-refractivity contribution is 0.661. The van der Waals surface area contributed by atoms with Crippen LogP contribution in [0.3, 0.4) is 0 Å². The van der Waals surface area contributed by atoms with Crippen molar-refractivity contribution in [1.29, 1.82) is 0 Å². The molecule has 2 aromatic heterocycles. The maximum Gasteiger partial charge on any atom is 0.238 e. The Balaban J connectivity index is 1.37. The number of rotatable bonds is 5. The topological polar surface area (TPSA) is 43.6 Å². The van der Waals surface area contributed by atoms with Gasteiger partial charge in [0.1, 0.15) is 0 Å². The Morgan fingerprint density at radius 1 is 0.500 bits per heavy atom. The molecule has 7 aromatic carbocycles. The first kappa shape index (κ1) is 18.0. The van der Waals surface area contributed by atoms with E-state index in [2.05, 4.69) is 0 Å². The van der Waals surface area contributed by atoms with E-state index in [1.165, 1.54) is 0 Å². The lowest BCUT2D eigenvalue weighted by Crippen LogP contribution is -2.14. The minimum absolute atomic E-state index is 0.0923. The fourth-order valence-electron chi connectivity index (χ4n) is 6.91. The quantitative estimate of drug-likeness (QED) is 0.181. The van der Waals surface area contributed by atoms with E-state index >= 15 is 0 Å². The smallest absolute Gasteiger partial charge is 0.238 e. The van der Waals surface area contributed by atoms with Crippen molar-refractivity contribution in [2.75, 3.05) is 0 Å². The molecule has 4 nitrogen and oxygen atoms in total. The summed E-state index contributed by atoms with van der Waals surface area (Å²) in [5.74, 6) is -0.113. The fourth-order valence-corrected chi connectivity index (χ4v) is 6.91. The predicted octanol–water partition coefficient (Wildman–Crippen LogP) is 11.9. The molecule has 9 aromatic rings. The van der Waals surface area contributed by atoms with Crippen LogP contribution in [-0.4, -0.2) is 19.5 Å². The summed E-state index contributed by atoms with van der Waals surface area (Å²) in [7, 11) is 0. The molecule has 246 valence electrons. The first-order valence-corrected chi connectivity index (χ1v) is 16.5. The van der Waals surface area contributed by atoms with Crippen molar-refractivity contribution in [3.05, 3.63) is 181 Å². The minimum atomic E-state index is -3.64. The van der Waals surface area contributed by atoms with Gasteiger partial charge in [0.05, 0.1) is 24.7 Å². The van der Waals surface area contributed by atoms with Crippen LogP contribution >= 0.6 is 0 Å². The van der Waals surface area contributed by atoms with Gasteiger partial charge in [-0.15, -0.1) is 0 Å². The highest BCUT2D eigenvalue weighted by atomic mass is 15.2. The Kier molecular flexibility index (Phi) is 4.06. The zero-order valence-electron chi connectivity index (χ0n) is 43.2. The first-order chi connectivity index (χ1) is 32.2. The highest BCUT2D eigenvalue weighted by molar-refractivity contribution is 6.17. The van der Waals surface area contributed by atoms with Crippen molar-refractivity contribution in [2.45, 2.75) is 19.1 Å². The molecule has 0 radical (unpaired) electrons. The van der Waals surface area contributed by atoms with Crippen LogP contribution in [0.2, 0.25) is 0 Å². The summed E-state index contributed by atoms with van der Waals surface area (Å²) in [4.78, 5) is 14.6. The van der Waals surface area contributed by atoms with E-state index in [0.29, 0.717) is 11.1 Å². The van der Waals surface area contributed by atoms with Gasteiger partial charge in [0, 0.05) is 35.5 Å². The highest BCUT2D eigenvalue weighted by Crippen LogP contribution is 2.53. The largest absolute Gasteiger partial charge is 0.278 e. The average Bonchev–Trinajstić information content (AvgIpc) is 3.87. The Hall–Kier alpha value is -6.65. The third kappa shape index (κ3) is 4.72. The molecule has 52 heavy (non-hydrogen) atoms. The maximum absolute atomic E-state index is 9.73. The molecule has 0 saturated heterocycles. The maximum atomic E-state index is 9.73. The molecule has 0 spiro atoms. The number of nitrogens with zero attached hydrogens (tertiary/aromatic N) is 4. The summed E-state index contributed by atoms with van der Waals surface area (Å²) in [6, 6.07) is 25.7. The van der Waals surface area contributed by atoms with Crippen LogP contribution in [0.15, 0.2) is 170 Å². The second-order valence-electron chi connectivity index (χ2n) is 12.5. The van der Waals surface area contributed by atoms with Gasteiger partial charge in [-0.05, 0) is 56.6 Å². The Morgan fingerprint density at radius 3 is 1.65 bits per heavy atom. The van der Waals surface area contributed by atoms with E-state index in [9.17, 15) is 6.85 Å². The van der Waals surface area contributed by atoms with Crippen LogP contribution < -0.4 is 0 Å². The van der Waals surface area contributed by atoms with Gasteiger partial charge < -0.3 is 0 Å². The van der Waals surface area contributed by atoms with Gasteiger partial charge in [-0.25, -0.2) is 4.98 Å². The van der Waals surface area contributed by atoms with Gasteiger partial charge in [0.2, 0.25) is 5.95 Å². The third-order valence-electron chi connectivity index (χ3n) is 9.42. The van der Waals surface area contributed by atoms with Crippen LogP contribution in [0, 0.1) is 0 Å². The summed E-state index contributed by atoms with van der Waals surface area (Å²) in [6.45, 7) is -7.29. The lowest BCUT2D eigenvalue weighted by atomic mass is 9.82. The van der Waals surface area contributed by atoms with Crippen LogP contribution in [0.1, 0.15) is 46.8 Å². The van der Waals surface area contributed by atoms with Crippen molar-refractivity contribution in [3.63, 3.8) is 0 Å². The molecular weight excluding hydrogens is 633 g/mol. The van der Waals surface area contributed by atoms with E-state index in [4.69, 9.17) is 30.0 Å². The number of hydrogen-bond acceptors (Lipinski definition) is 3. The van der Waals surface area contributed by atoms with Gasteiger partial charge in [0.15, 0.2) is 11.6 Å². The number of hydrogen-bond donors (Lipinski definition) is 0. The van der Waals surface area contributed by atoms with Crippen molar-refractivity contribution < 1.29 is 21.9 Å². The molecule has 1 aliphatic carbocycles. The normalized spacial score (nSPS) is 17.8. The van der Waals surface area contributed by atoms with Gasteiger partial charge in [-0.1, -0.05) is 171 Å². The van der Waals surface area contributed by atoms with Crippen molar-refractivity contribution in [1.82, 2.24) is 19.5 Å². The van der Waals surface area contributed by atoms with Crippen molar-refractivity contribution >= 4 is 21.8 Å². The Morgan fingerprint density at radius 2 is 1.04 bits per heavy atom. The number of benzene rings is 7. The molecule has 4 heteroatoms. The lowest BCUT2D eigenvalue weighted by Gasteiger charge is -2.21. The zero-order valence-corrected chi connectivity index (χ0v) is 27.2. The molecule has 0 unspecified atom stereocenters. The molecule has 0 fully saturated rings. The molecule has 0 aliphatic heterocycles. The molecule has 0 N–H and O–H groups in total. The van der Waals surface area contributed by atoms with Gasteiger partial charge in [-0.2, -0.15) is 9.97 Å². The average molecular weight is 683 g/mol. The van der Waals surface area contributed by atoms with E-state index in [1.807, 2.05) is 84.9 Å². The molecule has 0 bridgehead atoms. The minimum Gasteiger partial charge on any atom is -0.278 e. The summed E-state index contributed by atoms with van der Waals surface area (Å²) in [5, 5.41) is -0.712. The molecule has 10 rings (SSSR count). The molecule has 0 amide bonds. The molecule has 0 atom stereocenters. The van der Waals surface area contributed by atoms with E-state index < -0.39 is 102 Å². The standard InChI is InChI=1S/C48H34N4/c1-48(2)39-19-11-9-17-37(39)43-40(48)29-30-42-44(43)38-18-10-12-20-41(38)52(42)47-50-45(35-25-21-33(22-26-35)31-13-5-3-6-14-31)49-46(51-47)36-27-23-34(24-28-36)32-15-7-4-8-16-32/h3-30H,1-2H3/i1D3,2D3,9D,10D,11D,12D,17D,18D,19D,20D,29D,30D. The Bertz CT molecular complexity index is 3460. The van der Waals surface area contributed by atoms with E-state index in [0.717, 1.165) is 26.8 Å². The van der Waals surface area contributed by atoms with Crippen LogP contribution in [0.4, 0.5) is 0 Å². The number of fused-ring (bicyclic) bond motifs is 7. The highest BCUT2D eigenvalue weighted by Gasteiger charge is 2.37. The molecule has 1 aliphatic rings. The second kappa shape index (κ2) is 11.7. The molecule has 2 heterocycles. The predicted molar refractivity (Wildman–Crippen MR) is 213 cm³/mol. The van der Waals surface area contributed by atoms with Crippen molar-refractivity contribution in [2.24, 2.45) is 0 Å². The zero-order chi connectivity index (χ0) is 48.5. The summed E-state index contributed by atoms with van der Waals surface area (Å²) in [6.07, 6.45) is 0. The monoisotopic (exact) mass is 682 g/mol. The molecular formula is C48H34N4. The van der Waals surface area contributed by atoms with Crippen molar-refractivity contribution in [3.8, 4) is 62.1 Å².